The number of hydrogen-bond donors (Lipinski definition) is 0. The molecule has 4 heteroatoms. The fraction of sp³-hybridized carbons (Fsp3) is 0.400. The lowest BCUT2D eigenvalue weighted by molar-refractivity contribution is 0.588. The van der Waals surface area contributed by atoms with Crippen LogP contribution in [0.25, 0.3) is 0 Å². The number of aryl methyl sites for hydroxylation is 1. The van der Waals surface area contributed by atoms with E-state index < -0.39 is 9.84 Å². The Bertz CT molecular complexity index is 395. The summed E-state index contributed by atoms with van der Waals surface area (Å²) in [5, 5.41) is -0.338. The SMILES string of the molecule is Cc1ccc(S(=O)(=O)C(C)CP)cc1. The van der Waals surface area contributed by atoms with Gasteiger partial charge in [-0.3, -0.25) is 0 Å². The van der Waals surface area contributed by atoms with E-state index in [0.717, 1.165) is 5.56 Å². The Morgan fingerprint density at radius 2 is 1.79 bits per heavy atom. The summed E-state index contributed by atoms with van der Waals surface area (Å²) in [6, 6.07) is 6.98. The van der Waals surface area contributed by atoms with Crippen LogP contribution in [0, 0.1) is 6.92 Å². The Morgan fingerprint density at radius 1 is 1.29 bits per heavy atom. The Morgan fingerprint density at radius 3 is 2.21 bits per heavy atom. The lowest BCUT2D eigenvalue weighted by Crippen LogP contribution is -2.19. The Balaban J connectivity index is 3.11. The topological polar surface area (TPSA) is 34.1 Å². The van der Waals surface area contributed by atoms with Gasteiger partial charge in [0.25, 0.3) is 0 Å². The highest BCUT2D eigenvalue weighted by atomic mass is 32.2. The number of rotatable bonds is 3. The fourth-order valence-electron chi connectivity index (χ4n) is 1.09. The zero-order valence-electron chi connectivity index (χ0n) is 8.40. The number of hydrogen-bond acceptors (Lipinski definition) is 2. The molecule has 2 nitrogen and oxygen atoms in total. The van der Waals surface area contributed by atoms with Crippen LogP contribution in [-0.4, -0.2) is 19.8 Å². The van der Waals surface area contributed by atoms with Crippen molar-refractivity contribution >= 4 is 19.1 Å². The van der Waals surface area contributed by atoms with Crippen LogP contribution < -0.4 is 0 Å². The molecule has 0 aromatic heterocycles. The molecule has 0 aliphatic rings. The molecular formula is C10H15O2PS. The summed E-state index contributed by atoms with van der Waals surface area (Å²) in [7, 11) is -0.665. The van der Waals surface area contributed by atoms with E-state index in [1.807, 2.05) is 19.1 Å². The van der Waals surface area contributed by atoms with Crippen molar-refractivity contribution in [1.82, 2.24) is 0 Å². The second-order valence-electron chi connectivity index (χ2n) is 3.40. The maximum absolute atomic E-state index is 11.9. The summed E-state index contributed by atoms with van der Waals surface area (Å²) in [5.41, 5.74) is 1.07. The minimum absolute atomic E-state index is 0.338. The highest BCUT2D eigenvalue weighted by Gasteiger charge is 2.20. The Kier molecular flexibility index (Phi) is 3.68. The molecule has 0 fully saturated rings. The van der Waals surface area contributed by atoms with Crippen molar-refractivity contribution in [3.8, 4) is 0 Å². The average molecular weight is 230 g/mol. The third-order valence-electron chi connectivity index (χ3n) is 2.21. The minimum atomic E-state index is -3.13. The van der Waals surface area contributed by atoms with E-state index in [2.05, 4.69) is 9.24 Å². The van der Waals surface area contributed by atoms with Crippen LogP contribution in [0.2, 0.25) is 0 Å². The van der Waals surface area contributed by atoms with E-state index in [0.29, 0.717) is 11.1 Å². The van der Waals surface area contributed by atoms with Crippen molar-refractivity contribution in [2.45, 2.75) is 24.0 Å². The molecule has 0 amide bonds. The van der Waals surface area contributed by atoms with E-state index in [9.17, 15) is 8.42 Å². The van der Waals surface area contributed by atoms with E-state index in [1.54, 1.807) is 19.1 Å². The molecule has 2 unspecified atom stereocenters. The third kappa shape index (κ3) is 2.34. The lowest BCUT2D eigenvalue weighted by Gasteiger charge is -2.10. The van der Waals surface area contributed by atoms with Crippen molar-refractivity contribution in [3.63, 3.8) is 0 Å². The fourth-order valence-corrected chi connectivity index (χ4v) is 3.08. The molecule has 0 aliphatic heterocycles. The van der Waals surface area contributed by atoms with Crippen LogP contribution in [0.15, 0.2) is 29.2 Å². The second-order valence-corrected chi connectivity index (χ2v) is 6.24. The molecule has 0 N–H and O–H groups in total. The molecular weight excluding hydrogens is 215 g/mol. The summed E-state index contributed by atoms with van der Waals surface area (Å²) in [6.07, 6.45) is 0.566. The first kappa shape index (κ1) is 11.7. The predicted octanol–water partition coefficient (Wildman–Crippen LogP) is 2.03. The predicted molar refractivity (Wildman–Crippen MR) is 62.4 cm³/mol. The van der Waals surface area contributed by atoms with Crippen LogP contribution in [-0.2, 0) is 9.84 Å². The first-order valence-electron chi connectivity index (χ1n) is 4.49. The van der Waals surface area contributed by atoms with Gasteiger partial charge in [-0.2, -0.15) is 0 Å². The molecule has 78 valence electrons. The molecule has 0 radical (unpaired) electrons. The minimum Gasteiger partial charge on any atom is -0.223 e. The van der Waals surface area contributed by atoms with Gasteiger partial charge >= 0.3 is 0 Å². The lowest BCUT2D eigenvalue weighted by atomic mass is 10.2. The molecule has 1 rings (SSSR count). The van der Waals surface area contributed by atoms with Gasteiger partial charge in [-0.1, -0.05) is 17.7 Å². The van der Waals surface area contributed by atoms with Gasteiger partial charge in [-0.25, -0.2) is 8.42 Å². The summed E-state index contributed by atoms with van der Waals surface area (Å²) < 4.78 is 23.7. The van der Waals surface area contributed by atoms with Crippen LogP contribution in [0.5, 0.6) is 0 Å². The van der Waals surface area contributed by atoms with Crippen LogP contribution in [0.3, 0.4) is 0 Å². The highest BCUT2D eigenvalue weighted by Crippen LogP contribution is 2.17. The molecule has 0 aliphatic carbocycles. The average Bonchev–Trinajstić information content (AvgIpc) is 2.17. The molecule has 0 saturated heterocycles. The van der Waals surface area contributed by atoms with Crippen LogP contribution in [0.1, 0.15) is 12.5 Å². The molecule has 2 atom stereocenters. The van der Waals surface area contributed by atoms with Gasteiger partial charge in [0.1, 0.15) is 0 Å². The molecule has 1 aromatic carbocycles. The van der Waals surface area contributed by atoms with Gasteiger partial charge in [-0.05, 0) is 32.1 Å². The first-order chi connectivity index (χ1) is 6.48. The van der Waals surface area contributed by atoms with Gasteiger partial charge < -0.3 is 0 Å². The van der Waals surface area contributed by atoms with E-state index in [4.69, 9.17) is 0 Å². The van der Waals surface area contributed by atoms with Crippen molar-refractivity contribution in [1.29, 1.82) is 0 Å². The smallest absolute Gasteiger partial charge is 0.181 e. The summed E-state index contributed by atoms with van der Waals surface area (Å²) in [4.78, 5) is 0.415. The van der Waals surface area contributed by atoms with Gasteiger partial charge in [0, 0.05) is 0 Å². The second kappa shape index (κ2) is 4.41. The zero-order valence-corrected chi connectivity index (χ0v) is 10.4. The Hall–Kier alpha value is -0.400. The van der Waals surface area contributed by atoms with E-state index in [1.165, 1.54) is 0 Å². The number of sulfone groups is 1. The maximum atomic E-state index is 11.9. The van der Waals surface area contributed by atoms with Gasteiger partial charge in [-0.15, -0.1) is 9.24 Å². The summed E-state index contributed by atoms with van der Waals surface area (Å²) >= 11 is 0. The molecule has 1 aromatic rings. The Labute approximate surface area is 87.8 Å². The standard InChI is InChI=1S/C10H15O2PS/c1-8-3-5-10(6-4-8)14(11,12)9(2)7-13/h3-6,9H,7,13H2,1-2H3. The van der Waals surface area contributed by atoms with Crippen molar-refractivity contribution < 1.29 is 8.42 Å². The van der Waals surface area contributed by atoms with Gasteiger partial charge in [0.15, 0.2) is 9.84 Å². The first-order valence-corrected chi connectivity index (χ1v) is 6.85. The van der Waals surface area contributed by atoms with Gasteiger partial charge in [0.05, 0.1) is 10.1 Å². The molecule has 14 heavy (non-hydrogen) atoms. The number of benzene rings is 1. The van der Waals surface area contributed by atoms with Crippen LogP contribution in [0.4, 0.5) is 0 Å². The quantitative estimate of drug-likeness (QED) is 0.744. The maximum Gasteiger partial charge on any atom is 0.181 e. The van der Waals surface area contributed by atoms with Gasteiger partial charge in [0.2, 0.25) is 0 Å². The summed E-state index contributed by atoms with van der Waals surface area (Å²) in [6.45, 7) is 3.66. The van der Waals surface area contributed by atoms with Crippen molar-refractivity contribution in [2.24, 2.45) is 0 Å². The molecule has 0 saturated carbocycles. The third-order valence-corrected chi connectivity index (χ3v) is 5.44. The van der Waals surface area contributed by atoms with E-state index >= 15 is 0 Å². The monoisotopic (exact) mass is 230 g/mol. The zero-order chi connectivity index (χ0) is 10.8. The van der Waals surface area contributed by atoms with E-state index in [-0.39, 0.29) is 5.25 Å². The van der Waals surface area contributed by atoms with Crippen molar-refractivity contribution in [3.05, 3.63) is 29.8 Å². The van der Waals surface area contributed by atoms with Crippen molar-refractivity contribution in [2.75, 3.05) is 6.16 Å². The normalized spacial score (nSPS) is 13.9. The highest BCUT2D eigenvalue weighted by molar-refractivity contribution is 7.92. The molecule has 0 bridgehead atoms. The largest absolute Gasteiger partial charge is 0.223 e. The molecule has 0 heterocycles. The molecule has 0 spiro atoms. The van der Waals surface area contributed by atoms with Crippen LogP contribution >= 0.6 is 9.24 Å². The summed E-state index contributed by atoms with van der Waals surface area (Å²) in [5.74, 6) is 0.